The zero-order chi connectivity index (χ0) is 24.9. The van der Waals surface area contributed by atoms with Gasteiger partial charge in [-0.3, -0.25) is 14.3 Å². The number of likely N-dealkylation sites (tertiary alicyclic amines) is 1. The second kappa shape index (κ2) is 10.7. The van der Waals surface area contributed by atoms with Crippen molar-refractivity contribution in [2.45, 2.75) is 52.2 Å². The summed E-state index contributed by atoms with van der Waals surface area (Å²) in [6.07, 6.45) is 6.98. The van der Waals surface area contributed by atoms with Gasteiger partial charge in [-0.05, 0) is 24.5 Å². The number of amides is 2. The normalized spacial score (nSPS) is 16.5. The van der Waals surface area contributed by atoms with E-state index in [4.69, 9.17) is 0 Å². The third-order valence-electron chi connectivity index (χ3n) is 6.22. The molecule has 0 aliphatic carbocycles. The van der Waals surface area contributed by atoms with Gasteiger partial charge in [0.25, 0.3) is 0 Å². The number of nitrogens with one attached hydrogen (secondary N) is 1. The van der Waals surface area contributed by atoms with Gasteiger partial charge in [0.2, 0.25) is 11.8 Å². The van der Waals surface area contributed by atoms with Crippen LogP contribution < -0.4 is 5.32 Å². The van der Waals surface area contributed by atoms with E-state index in [1.807, 2.05) is 23.9 Å². The van der Waals surface area contributed by atoms with Crippen molar-refractivity contribution in [1.29, 1.82) is 0 Å². The molecule has 3 aromatic rings. The smallest absolute Gasteiger partial charge is 0.225 e. The van der Waals surface area contributed by atoms with Gasteiger partial charge in [-0.25, -0.2) is 13.8 Å². The third kappa shape index (κ3) is 5.90. The van der Waals surface area contributed by atoms with E-state index in [0.717, 1.165) is 36.5 Å². The lowest BCUT2D eigenvalue weighted by atomic mass is 10.0. The number of aromatic nitrogens is 5. The summed E-state index contributed by atoms with van der Waals surface area (Å²) in [6, 6.07) is 2.41. The fourth-order valence-corrected chi connectivity index (χ4v) is 4.56. The minimum absolute atomic E-state index is 0.178. The predicted octanol–water partition coefficient (Wildman–Crippen LogP) is 2.48. The molecule has 2 atom stereocenters. The Hall–Kier alpha value is -3.63. The SMILES string of the molecule is CCc1nccn1Cc1cn(CC2CCN(C(=O)CC(NC(C)=O)c3c(F)cccc3F)C2)nn1. The van der Waals surface area contributed by atoms with Crippen molar-refractivity contribution in [2.24, 2.45) is 5.92 Å². The third-order valence-corrected chi connectivity index (χ3v) is 6.22. The van der Waals surface area contributed by atoms with E-state index in [1.165, 1.54) is 13.0 Å². The van der Waals surface area contributed by atoms with Crippen molar-refractivity contribution in [2.75, 3.05) is 13.1 Å². The first kappa shape index (κ1) is 24.5. The van der Waals surface area contributed by atoms with Gasteiger partial charge in [0.1, 0.15) is 23.2 Å². The molecule has 1 fully saturated rings. The maximum absolute atomic E-state index is 14.3. The van der Waals surface area contributed by atoms with Crippen molar-refractivity contribution in [3.63, 3.8) is 0 Å². The Morgan fingerprint density at radius 2 is 2.03 bits per heavy atom. The number of hydrogen-bond acceptors (Lipinski definition) is 5. The summed E-state index contributed by atoms with van der Waals surface area (Å²) in [6.45, 7) is 5.54. The first-order valence-electron chi connectivity index (χ1n) is 11.7. The molecule has 1 N–H and O–H groups in total. The molecule has 0 radical (unpaired) electrons. The van der Waals surface area contributed by atoms with Crippen molar-refractivity contribution < 1.29 is 18.4 Å². The van der Waals surface area contributed by atoms with Gasteiger partial charge < -0.3 is 14.8 Å². The van der Waals surface area contributed by atoms with Gasteiger partial charge in [-0.15, -0.1) is 5.10 Å². The van der Waals surface area contributed by atoms with Crippen LogP contribution in [0.1, 0.15) is 49.8 Å². The summed E-state index contributed by atoms with van der Waals surface area (Å²) in [7, 11) is 0. The van der Waals surface area contributed by atoms with Crippen molar-refractivity contribution in [3.05, 3.63) is 65.5 Å². The number of rotatable bonds is 9. The minimum Gasteiger partial charge on any atom is -0.349 e. The summed E-state index contributed by atoms with van der Waals surface area (Å²) < 4.78 is 32.4. The summed E-state index contributed by atoms with van der Waals surface area (Å²) in [5.41, 5.74) is 0.528. The van der Waals surface area contributed by atoms with Crippen LogP contribution in [0.5, 0.6) is 0 Å². The molecule has 0 bridgehead atoms. The summed E-state index contributed by atoms with van der Waals surface area (Å²) in [4.78, 5) is 30.6. The zero-order valence-corrected chi connectivity index (χ0v) is 19.8. The lowest BCUT2D eigenvalue weighted by Gasteiger charge is -2.23. The monoisotopic (exact) mass is 485 g/mol. The van der Waals surface area contributed by atoms with E-state index in [1.54, 1.807) is 15.8 Å². The fourth-order valence-electron chi connectivity index (χ4n) is 4.56. The zero-order valence-electron chi connectivity index (χ0n) is 19.8. The highest BCUT2D eigenvalue weighted by atomic mass is 19.1. The van der Waals surface area contributed by atoms with Crippen LogP contribution in [0.3, 0.4) is 0 Å². The van der Waals surface area contributed by atoms with Crippen molar-refractivity contribution in [3.8, 4) is 0 Å². The maximum Gasteiger partial charge on any atom is 0.225 e. The highest BCUT2D eigenvalue weighted by molar-refractivity contribution is 5.79. The lowest BCUT2D eigenvalue weighted by Crippen LogP contribution is -2.35. The van der Waals surface area contributed by atoms with Gasteiger partial charge in [-0.1, -0.05) is 18.2 Å². The average molecular weight is 486 g/mol. The highest BCUT2D eigenvalue weighted by Crippen LogP contribution is 2.26. The lowest BCUT2D eigenvalue weighted by molar-refractivity contribution is -0.131. The molecule has 4 rings (SSSR count). The molecule has 0 saturated carbocycles. The molecule has 9 nitrogen and oxygen atoms in total. The van der Waals surface area contributed by atoms with Gasteiger partial charge in [0.05, 0.1) is 25.2 Å². The van der Waals surface area contributed by atoms with Crippen LogP contribution in [0.2, 0.25) is 0 Å². The van der Waals surface area contributed by atoms with Crippen LogP contribution in [0.25, 0.3) is 0 Å². The maximum atomic E-state index is 14.3. The fraction of sp³-hybridized carbons (Fsp3) is 0.458. The molecule has 1 aliphatic rings. The molecule has 0 spiro atoms. The van der Waals surface area contributed by atoms with Crippen LogP contribution in [-0.2, 0) is 29.1 Å². The van der Waals surface area contributed by atoms with Crippen LogP contribution in [0.4, 0.5) is 8.78 Å². The molecule has 2 unspecified atom stereocenters. The molecule has 3 heterocycles. The number of aryl methyl sites for hydroxylation is 1. The van der Waals surface area contributed by atoms with Crippen LogP contribution in [0, 0.1) is 17.6 Å². The molecule has 35 heavy (non-hydrogen) atoms. The van der Waals surface area contributed by atoms with Crippen LogP contribution >= 0.6 is 0 Å². The second-order valence-corrected chi connectivity index (χ2v) is 8.84. The van der Waals surface area contributed by atoms with Crippen LogP contribution in [-0.4, -0.2) is 54.3 Å². The standard InChI is InChI=1S/C24H29F2N7O2/c1-3-22-27-8-10-31(22)14-18-15-33(30-29-18)13-17-7-9-32(12-17)23(35)11-21(28-16(2)34)24-19(25)5-4-6-20(24)26/h4-6,8,10,15,17,21H,3,7,9,11-14H2,1-2H3,(H,28,34). The van der Waals surface area contributed by atoms with E-state index in [2.05, 4.69) is 20.6 Å². The summed E-state index contributed by atoms with van der Waals surface area (Å²) in [5, 5.41) is 11.0. The van der Waals surface area contributed by atoms with E-state index < -0.39 is 23.6 Å². The number of halogens is 2. The molecular formula is C24H29F2N7O2. The minimum atomic E-state index is -1.07. The molecule has 2 aromatic heterocycles. The van der Waals surface area contributed by atoms with E-state index in [9.17, 15) is 18.4 Å². The van der Waals surface area contributed by atoms with Gasteiger partial charge in [-0.2, -0.15) is 0 Å². The molecule has 1 aromatic carbocycles. The Kier molecular flexibility index (Phi) is 7.52. The van der Waals surface area contributed by atoms with Gasteiger partial charge in [0.15, 0.2) is 0 Å². The average Bonchev–Trinajstić information content (AvgIpc) is 3.55. The summed E-state index contributed by atoms with van der Waals surface area (Å²) >= 11 is 0. The molecule has 1 aliphatic heterocycles. The van der Waals surface area contributed by atoms with Crippen molar-refractivity contribution in [1.82, 2.24) is 34.8 Å². The Labute approximate surface area is 202 Å². The number of imidazole rings is 1. The van der Waals surface area contributed by atoms with Crippen LogP contribution in [0.15, 0.2) is 36.8 Å². The molecule has 11 heteroatoms. The Balaban J connectivity index is 1.35. The Morgan fingerprint density at radius 3 is 2.74 bits per heavy atom. The number of hydrogen-bond donors (Lipinski definition) is 1. The van der Waals surface area contributed by atoms with E-state index in [-0.39, 0.29) is 23.8 Å². The van der Waals surface area contributed by atoms with E-state index in [0.29, 0.717) is 26.2 Å². The molecular weight excluding hydrogens is 456 g/mol. The Morgan fingerprint density at radius 1 is 1.26 bits per heavy atom. The Bertz CT molecular complexity index is 1170. The topological polar surface area (TPSA) is 97.9 Å². The quantitative estimate of drug-likeness (QED) is 0.502. The first-order chi connectivity index (χ1) is 16.8. The number of carbonyl (C=O) groups excluding carboxylic acids is 2. The highest BCUT2D eigenvalue weighted by Gasteiger charge is 2.30. The second-order valence-electron chi connectivity index (χ2n) is 8.84. The molecule has 1 saturated heterocycles. The summed E-state index contributed by atoms with van der Waals surface area (Å²) in [5.74, 6) is -1.15. The molecule has 186 valence electrons. The van der Waals surface area contributed by atoms with Gasteiger partial charge in [0, 0.05) is 50.9 Å². The van der Waals surface area contributed by atoms with Crippen molar-refractivity contribution >= 4 is 11.8 Å². The van der Waals surface area contributed by atoms with Gasteiger partial charge >= 0.3 is 0 Å². The molecule has 2 amide bonds. The number of carbonyl (C=O) groups is 2. The first-order valence-corrected chi connectivity index (χ1v) is 11.7. The number of nitrogens with zero attached hydrogens (tertiary/aromatic N) is 6. The predicted molar refractivity (Wildman–Crippen MR) is 123 cm³/mol. The largest absolute Gasteiger partial charge is 0.349 e. The number of benzene rings is 1. The van der Waals surface area contributed by atoms with E-state index >= 15 is 0 Å².